The lowest BCUT2D eigenvalue weighted by molar-refractivity contribution is -0.958. The van der Waals surface area contributed by atoms with E-state index in [1.165, 1.54) is 30.7 Å². The van der Waals surface area contributed by atoms with Crippen molar-refractivity contribution in [1.82, 2.24) is 14.3 Å². The van der Waals surface area contributed by atoms with Gasteiger partial charge in [-0.2, -0.15) is 4.68 Å². The van der Waals surface area contributed by atoms with Crippen LogP contribution in [0.3, 0.4) is 0 Å². The second kappa shape index (κ2) is 6.71. The van der Waals surface area contributed by atoms with E-state index in [0.29, 0.717) is 6.04 Å². The molecule has 0 radical (unpaired) electrons. The quantitative estimate of drug-likeness (QED) is 0.657. The molecule has 0 spiro atoms. The van der Waals surface area contributed by atoms with E-state index in [0.717, 1.165) is 29.7 Å². The van der Waals surface area contributed by atoms with Gasteiger partial charge in [-0.15, -0.1) is 27.8 Å². The molecule has 3 aromatic heterocycles. The van der Waals surface area contributed by atoms with Crippen LogP contribution in [0.15, 0.2) is 29.0 Å². The number of nitrogens with one attached hydrogen (secondary N) is 1. The van der Waals surface area contributed by atoms with Crippen LogP contribution in [0.1, 0.15) is 36.2 Å². The monoisotopic (exact) mass is 403 g/mol. The maximum Gasteiger partial charge on any atom is 0.203 e. The molecule has 26 heavy (non-hydrogen) atoms. The molecule has 1 N–H and O–H groups in total. The van der Waals surface area contributed by atoms with Crippen molar-refractivity contribution >= 4 is 34.9 Å². The number of thiophene rings is 2. The van der Waals surface area contributed by atoms with Crippen LogP contribution in [0.25, 0.3) is 10.7 Å². The van der Waals surface area contributed by atoms with Crippen LogP contribution in [0.2, 0.25) is 0 Å². The Hall–Kier alpha value is -1.28. The molecule has 1 saturated carbocycles. The molecule has 1 aliphatic carbocycles. The van der Waals surface area contributed by atoms with Gasteiger partial charge < -0.3 is 4.90 Å². The van der Waals surface area contributed by atoms with Gasteiger partial charge in [-0.1, -0.05) is 6.07 Å². The number of rotatable bonds is 5. The predicted molar refractivity (Wildman–Crippen MR) is 109 cm³/mol. The fourth-order valence-electron chi connectivity index (χ4n) is 4.28. The molecule has 2 atom stereocenters. The number of aromatic nitrogens is 3. The Morgan fingerprint density at radius 1 is 1.27 bits per heavy atom. The van der Waals surface area contributed by atoms with Gasteiger partial charge in [0.2, 0.25) is 4.77 Å². The molecule has 4 heterocycles. The number of hydrogen-bond donors (Lipinski definition) is 1. The topological polar surface area (TPSA) is 27.2 Å². The van der Waals surface area contributed by atoms with E-state index in [9.17, 15) is 0 Å². The van der Waals surface area contributed by atoms with Crippen LogP contribution >= 0.6 is 34.9 Å². The van der Waals surface area contributed by atoms with Crippen LogP contribution in [0.4, 0.5) is 0 Å². The second-order valence-corrected chi connectivity index (χ2v) is 9.57. The normalized spacial score (nSPS) is 22.5. The van der Waals surface area contributed by atoms with E-state index in [-0.39, 0.29) is 0 Å². The van der Waals surface area contributed by atoms with Crippen LogP contribution in [0.5, 0.6) is 0 Å². The number of nitrogens with zero attached hydrogens (tertiary/aromatic N) is 3. The first-order valence-electron chi connectivity index (χ1n) is 9.38. The van der Waals surface area contributed by atoms with Crippen LogP contribution in [-0.2, 0) is 19.6 Å². The highest BCUT2D eigenvalue weighted by atomic mass is 32.1. The molecular formula is C19H23N4S3+. The van der Waals surface area contributed by atoms with Gasteiger partial charge in [0.25, 0.3) is 0 Å². The Bertz CT molecular complexity index is 961. The van der Waals surface area contributed by atoms with Crippen molar-refractivity contribution in [2.45, 2.75) is 45.4 Å². The standard InChI is InChI=1S/C19H22N4S3/c1-2-22-18(16-4-3-10-25-16)20-23(19(22)24)12-21-9-7-15-14(8-11-26-15)17(21)13-5-6-13/h3-4,8,10-11,13,17H,2,5-7,9,12H2,1H3/p+1/t17-/m1/s1. The summed E-state index contributed by atoms with van der Waals surface area (Å²) in [6.07, 6.45) is 3.93. The van der Waals surface area contributed by atoms with Crippen molar-refractivity contribution in [2.24, 2.45) is 5.92 Å². The SMILES string of the molecule is CCn1c(-c2cccs2)nn(C[NH+]2CCc3sccc3[C@H]2C2CC2)c1=S. The summed E-state index contributed by atoms with van der Waals surface area (Å²) in [5.41, 5.74) is 1.60. The first-order chi connectivity index (χ1) is 12.8. The number of fused-ring (bicyclic) bond motifs is 1. The lowest BCUT2D eigenvalue weighted by Gasteiger charge is -2.32. The third kappa shape index (κ3) is 2.81. The fraction of sp³-hybridized carbons (Fsp3) is 0.474. The fourth-order valence-corrected chi connectivity index (χ4v) is 6.25. The van der Waals surface area contributed by atoms with Gasteiger partial charge in [-0.25, -0.2) is 0 Å². The van der Waals surface area contributed by atoms with Gasteiger partial charge in [0.05, 0.1) is 11.4 Å². The molecule has 7 heteroatoms. The molecule has 1 fully saturated rings. The molecule has 3 aromatic rings. The maximum absolute atomic E-state index is 5.79. The molecule has 5 rings (SSSR count). The molecule has 0 saturated heterocycles. The van der Waals surface area contributed by atoms with Gasteiger partial charge in [0.1, 0.15) is 6.04 Å². The summed E-state index contributed by atoms with van der Waals surface area (Å²) in [5.74, 6) is 1.86. The summed E-state index contributed by atoms with van der Waals surface area (Å²) in [6, 6.07) is 7.21. The summed E-state index contributed by atoms with van der Waals surface area (Å²) in [4.78, 5) is 4.43. The molecule has 4 nitrogen and oxygen atoms in total. The highest BCUT2D eigenvalue weighted by Gasteiger charge is 2.43. The molecule has 0 bridgehead atoms. The minimum Gasteiger partial charge on any atom is -0.310 e. The molecule has 1 unspecified atom stereocenters. The Balaban J connectivity index is 1.49. The Labute approximate surface area is 166 Å². The summed E-state index contributed by atoms with van der Waals surface area (Å²) in [6.45, 7) is 5.07. The third-order valence-corrected chi connectivity index (χ3v) is 7.95. The molecule has 0 amide bonds. The highest BCUT2D eigenvalue weighted by Crippen LogP contribution is 2.42. The smallest absolute Gasteiger partial charge is 0.203 e. The molecule has 2 aliphatic rings. The van der Waals surface area contributed by atoms with Gasteiger partial charge in [-0.05, 0) is 54.9 Å². The van der Waals surface area contributed by atoms with E-state index in [4.69, 9.17) is 17.3 Å². The average Bonchev–Trinajstić information content (AvgIpc) is 3.05. The summed E-state index contributed by atoms with van der Waals surface area (Å²) in [7, 11) is 0. The molecule has 0 aromatic carbocycles. The molecule has 136 valence electrons. The molecule has 1 aliphatic heterocycles. The Morgan fingerprint density at radius 2 is 2.15 bits per heavy atom. The summed E-state index contributed by atoms with van der Waals surface area (Å²) < 4.78 is 5.11. The second-order valence-electron chi connectivity index (χ2n) is 7.26. The first kappa shape index (κ1) is 16.9. The summed E-state index contributed by atoms with van der Waals surface area (Å²) in [5, 5.41) is 9.32. The van der Waals surface area contributed by atoms with E-state index in [2.05, 4.69) is 45.1 Å². The van der Waals surface area contributed by atoms with Crippen molar-refractivity contribution in [1.29, 1.82) is 0 Å². The van der Waals surface area contributed by atoms with Crippen LogP contribution < -0.4 is 4.90 Å². The lowest BCUT2D eigenvalue weighted by atomic mass is 9.96. The zero-order valence-electron chi connectivity index (χ0n) is 14.9. The van der Waals surface area contributed by atoms with Crippen LogP contribution in [-0.4, -0.2) is 20.9 Å². The van der Waals surface area contributed by atoms with Gasteiger partial charge in [-0.3, -0.25) is 4.57 Å². The average molecular weight is 404 g/mol. The van der Waals surface area contributed by atoms with Crippen molar-refractivity contribution in [2.75, 3.05) is 6.54 Å². The highest BCUT2D eigenvalue weighted by molar-refractivity contribution is 7.71. The van der Waals surface area contributed by atoms with Crippen molar-refractivity contribution in [3.63, 3.8) is 0 Å². The van der Waals surface area contributed by atoms with Gasteiger partial charge in [0.15, 0.2) is 12.5 Å². The minimum atomic E-state index is 0.629. The zero-order chi connectivity index (χ0) is 17.7. The Kier molecular flexibility index (Phi) is 4.35. The van der Waals surface area contributed by atoms with Gasteiger partial charge >= 0.3 is 0 Å². The minimum absolute atomic E-state index is 0.629. The van der Waals surface area contributed by atoms with Gasteiger partial charge in [0, 0.05) is 29.3 Å². The van der Waals surface area contributed by atoms with E-state index < -0.39 is 0 Å². The predicted octanol–water partition coefficient (Wildman–Crippen LogP) is 3.77. The lowest BCUT2D eigenvalue weighted by Crippen LogP contribution is -3.13. The van der Waals surface area contributed by atoms with Crippen LogP contribution in [0, 0.1) is 10.7 Å². The number of hydrogen-bond acceptors (Lipinski definition) is 4. The number of quaternary nitrogens is 1. The van der Waals surface area contributed by atoms with Crippen molar-refractivity contribution in [3.05, 3.63) is 44.2 Å². The largest absolute Gasteiger partial charge is 0.310 e. The van der Waals surface area contributed by atoms with Crippen molar-refractivity contribution < 1.29 is 4.90 Å². The third-order valence-electron chi connectivity index (χ3n) is 5.65. The summed E-state index contributed by atoms with van der Waals surface area (Å²) >= 11 is 9.46. The van der Waals surface area contributed by atoms with Crippen molar-refractivity contribution in [3.8, 4) is 10.7 Å². The maximum atomic E-state index is 5.79. The first-order valence-corrected chi connectivity index (χ1v) is 11.6. The Morgan fingerprint density at radius 3 is 2.88 bits per heavy atom. The zero-order valence-corrected chi connectivity index (χ0v) is 17.3. The van der Waals surface area contributed by atoms with E-state index >= 15 is 0 Å². The molecular weight excluding hydrogens is 380 g/mol. The van der Waals surface area contributed by atoms with E-state index in [1.807, 2.05) is 11.3 Å². The van der Waals surface area contributed by atoms with E-state index in [1.54, 1.807) is 26.7 Å².